The normalized spacial score (nSPS) is 15.1. The number of amides is 1. The van der Waals surface area contributed by atoms with Crippen LogP contribution in [0.4, 0.5) is 11.9 Å². The fourth-order valence-electron chi connectivity index (χ4n) is 2.03. The molecule has 1 aliphatic rings. The Morgan fingerprint density at radius 3 is 2.60 bits per heavy atom. The lowest BCUT2D eigenvalue weighted by Crippen LogP contribution is -2.39. The van der Waals surface area contributed by atoms with Crippen molar-refractivity contribution in [2.75, 3.05) is 43.9 Å². The van der Waals surface area contributed by atoms with Gasteiger partial charge in [0.25, 0.3) is 0 Å². The number of anilines is 2. The molecule has 1 aromatic heterocycles. The minimum absolute atomic E-state index is 0.0626. The molecule has 1 aliphatic heterocycles. The molecule has 0 aromatic carbocycles. The molecule has 20 heavy (non-hydrogen) atoms. The average molecular weight is 299 g/mol. The monoisotopic (exact) mass is 298 g/mol. The van der Waals surface area contributed by atoms with Crippen molar-refractivity contribution in [3.05, 3.63) is 5.28 Å². The number of halogens is 1. The van der Waals surface area contributed by atoms with Gasteiger partial charge in [-0.1, -0.05) is 0 Å². The highest BCUT2D eigenvalue weighted by molar-refractivity contribution is 6.28. The Morgan fingerprint density at radius 1 is 1.25 bits per heavy atom. The molecule has 1 fully saturated rings. The number of carbonyl (C=O) groups is 1. The minimum Gasteiger partial charge on any atom is -0.347 e. The van der Waals surface area contributed by atoms with Crippen molar-refractivity contribution in [2.24, 2.45) is 0 Å². The molecule has 8 heteroatoms. The number of rotatable bonds is 4. The van der Waals surface area contributed by atoms with Gasteiger partial charge in [0.05, 0.1) is 6.54 Å². The van der Waals surface area contributed by atoms with Crippen LogP contribution in [-0.2, 0) is 4.79 Å². The van der Waals surface area contributed by atoms with E-state index in [1.54, 1.807) is 4.90 Å². The van der Waals surface area contributed by atoms with E-state index in [1.165, 1.54) is 6.42 Å². The van der Waals surface area contributed by atoms with Gasteiger partial charge in [-0.2, -0.15) is 15.0 Å². The van der Waals surface area contributed by atoms with Crippen LogP contribution in [0.25, 0.3) is 0 Å². The Balaban J connectivity index is 1.94. The summed E-state index contributed by atoms with van der Waals surface area (Å²) in [4.78, 5) is 27.8. The van der Waals surface area contributed by atoms with E-state index in [4.69, 9.17) is 11.6 Å². The van der Waals surface area contributed by atoms with E-state index in [1.807, 2.05) is 19.0 Å². The molecule has 0 aliphatic carbocycles. The predicted molar refractivity (Wildman–Crippen MR) is 78.1 cm³/mol. The van der Waals surface area contributed by atoms with Gasteiger partial charge in [0.2, 0.25) is 23.1 Å². The molecular weight excluding hydrogens is 280 g/mol. The van der Waals surface area contributed by atoms with E-state index in [-0.39, 0.29) is 17.7 Å². The molecule has 1 saturated heterocycles. The summed E-state index contributed by atoms with van der Waals surface area (Å²) in [6, 6.07) is 0. The van der Waals surface area contributed by atoms with Crippen LogP contribution < -0.4 is 10.2 Å². The van der Waals surface area contributed by atoms with E-state index in [0.29, 0.717) is 11.9 Å². The lowest BCUT2D eigenvalue weighted by molar-refractivity contribution is -0.130. The van der Waals surface area contributed by atoms with Crippen molar-refractivity contribution < 1.29 is 4.79 Å². The lowest BCUT2D eigenvalue weighted by atomic mass is 10.1. The van der Waals surface area contributed by atoms with Gasteiger partial charge < -0.3 is 15.1 Å². The van der Waals surface area contributed by atoms with Crippen molar-refractivity contribution in [1.82, 2.24) is 19.9 Å². The van der Waals surface area contributed by atoms with Crippen LogP contribution in [-0.4, -0.2) is 59.5 Å². The quantitative estimate of drug-likeness (QED) is 0.894. The van der Waals surface area contributed by atoms with Crippen LogP contribution in [0.3, 0.4) is 0 Å². The molecule has 0 atom stereocenters. The second-order valence-corrected chi connectivity index (χ2v) is 5.26. The summed E-state index contributed by atoms with van der Waals surface area (Å²) in [5.41, 5.74) is 0. The molecule has 0 radical (unpaired) electrons. The fourth-order valence-corrected chi connectivity index (χ4v) is 2.18. The molecule has 0 saturated carbocycles. The number of hydrogen-bond acceptors (Lipinski definition) is 6. The summed E-state index contributed by atoms with van der Waals surface area (Å²) < 4.78 is 0. The fraction of sp³-hybridized carbons (Fsp3) is 0.667. The average Bonchev–Trinajstić information content (AvgIpc) is 2.45. The van der Waals surface area contributed by atoms with Crippen LogP contribution in [0.5, 0.6) is 0 Å². The van der Waals surface area contributed by atoms with Crippen molar-refractivity contribution in [2.45, 2.75) is 19.3 Å². The summed E-state index contributed by atoms with van der Waals surface area (Å²) in [6.07, 6.45) is 3.36. The van der Waals surface area contributed by atoms with Crippen molar-refractivity contribution >= 4 is 29.4 Å². The summed E-state index contributed by atoms with van der Waals surface area (Å²) in [7, 11) is 3.63. The maximum Gasteiger partial charge on any atom is 0.241 e. The third-order valence-corrected chi connectivity index (χ3v) is 3.27. The Labute approximate surface area is 123 Å². The van der Waals surface area contributed by atoms with Crippen molar-refractivity contribution in [3.8, 4) is 0 Å². The maximum atomic E-state index is 12.0. The Bertz CT molecular complexity index is 475. The van der Waals surface area contributed by atoms with Gasteiger partial charge in [0.1, 0.15) is 0 Å². The number of piperidine rings is 1. The van der Waals surface area contributed by atoms with Gasteiger partial charge in [-0.25, -0.2) is 0 Å². The van der Waals surface area contributed by atoms with Crippen LogP contribution in [0.15, 0.2) is 0 Å². The minimum atomic E-state index is 0.0626. The highest BCUT2D eigenvalue weighted by Crippen LogP contribution is 2.12. The van der Waals surface area contributed by atoms with Gasteiger partial charge in [-0.15, -0.1) is 0 Å². The molecule has 1 amide bonds. The van der Waals surface area contributed by atoms with Crippen LogP contribution >= 0.6 is 11.6 Å². The van der Waals surface area contributed by atoms with Crippen molar-refractivity contribution in [1.29, 1.82) is 0 Å². The first-order valence-electron chi connectivity index (χ1n) is 6.67. The highest BCUT2D eigenvalue weighted by Gasteiger charge is 2.16. The first-order valence-corrected chi connectivity index (χ1v) is 7.04. The SMILES string of the molecule is CN(C)c1nc(Cl)nc(NCC(=O)N2CCCCC2)n1. The van der Waals surface area contributed by atoms with Crippen molar-refractivity contribution in [3.63, 3.8) is 0 Å². The summed E-state index contributed by atoms with van der Waals surface area (Å²) in [5, 5.41) is 3.02. The van der Waals surface area contributed by atoms with Gasteiger partial charge in [-0.05, 0) is 30.9 Å². The summed E-state index contributed by atoms with van der Waals surface area (Å²) in [5.74, 6) is 0.838. The Morgan fingerprint density at radius 2 is 1.95 bits per heavy atom. The van der Waals surface area contributed by atoms with Crippen LogP contribution in [0, 0.1) is 0 Å². The molecule has 7 nitrogen and oxygen atoms in total. The van der Waals surface area contributed by atoms with E-state index >= 15 is 0 Å². The highest BCUT2D eigenvalue weighted by atomic mass is 35.5. The molecular formula is C12H19ClN6O. The van der Waals surface area contributed by atoms with Crippen LogP contribution in [0.1, 0.15) is 19.3 Å². The zero-order chi connectivity index (χ0) is 14.5. The van der Waals surface area contributed by atoms with E-state index < -0.39 is 0 Å². The number of nitrogens with one attached hydrogen (secondary N) is 1. The summed E-state index contributed by atoms with van der Waals surface area (Å²) in [6.45, 7) is 1.84. The number of nitrogens with zero attached hydrogens (tertiary/aromatic N) is 5. The first kappa shape index (κ1) is 14.8. The molecule has 1 aromatic rings. The van der Waals surface area contributed by atoms with Gasteiger partial charge in [-0.3, -0.25) is 4.79 Å². The third-order valence-electron chi connectivity index (χ3n) is 3.10. The third kappa shape index (κ3) is 3.93. The molecule has 2 rings (SSSR count). The van der Waals surface area contributed by atoms with Gasteiger partial charge >= 0.3 is 0 Å². The second kappa shape index (κ2) is 6.69. The standard InChI is InChI=1S/C12H19ClN6O/c1-18(2)12-16-10(13)15-11(17-12)14-8-9(20)19-6-4-3-5-7-19/h3-8H2,1-2H3,(H,14,15,16,17). The van der Waals surface area contributed by atoms with Crippen LogP contribution in [0.2, 0.25) is 5.28 Å². The van der Waals surface area contributed by atoms with Gasteiger partial charge in [0.15, 0.2) is 0 Å². The smallest absolute Gasteiger partial charge is 0.241 e. The maximum absolute atomic E-state index is 12.0. The number of hydrogen-bond donors (Lipinski definition) is 1. The van der Waals surface area contributed by atoms with E-state index in [0.717, 1.165) is 25.9 Å². The largest absolute Gasteiger partial charge is 0.347 e. The molecule has 1 N–H and O–H groups in total. The zero-order valence-electron chi connectivity index (χ0n) is 11.8. The lowest BCUT2D eigenvalue weighted by Gasteiger charge is -2.26. The summed E-state index contributed by atoms with van der Waals surface area (Å²) >= 11 is 5.83. The topological polar surface area (TPSA) is 74.2 Å². The molecule has 0 spiro atoms. The number of carbonyl (C=O) groups excluding carboxylic acids is 1. The Hall–Kier alpha value is -1.63. The molecule has 0 unspecified atom stereocenters. The number of aromatic nitrogens is 3. The first-order chi connectivity index (χ1) is 9.56. The van der Waals surface area contributed by atoms with E-state index in [9.17, 15) is 4.79 Å². The molecule has 2 heterocycles. The zero-order valence-corrected chi connectivity index (χ0v) is 12.5. The molecule has 110 valence electrons. The Kier molecular flexibility index (Phi) is 4.94. The second-order valence-electron chi connectivity index (χ2n) is 4.92. The van der Waals surface area contributed by atoms with E-state index in [2.05, 4.69) is 20.3 Å². The predicted octanol–water partition coefficient (Wildman–Crippen LogP) is 1.02. The number of likely N-dealkylation sites (tertiary alicyclic amines) is 1. The molecule has 0 bridgehead atoms. The van der Waals surface area contributed by atoms with Gasteiger partial charge in [0, 0.05) is 27.2 Å².